The first kappa shape index (κ1) is 7.21. The molecule has 0 aromatic rings. The van der Waals surface area contributed by atoms with Crippen molar-refractivity contribution in [1.29, 1.82) is 0 Å². The molecule has 0 amide bonds. The first-order valence-electron chi connectivity index (χ1n) is 2.48. The van der Waals surface area contributed by atoms with Crippen molar-refractivity contribution in [2.45, 2.75) is 6.92 Å². The standard InChI is InChI=1S/C6H12N2/c1-6(5-7-2)8(3)4/h5H,2H2,1,3-4H3/b6-5-. The van der Waals surface area contributed by atoms with Gasteiger partial charge in [0.1, 0.15) is 0 Å². The van der Waals surface area contributed by atoms with Gasteiger partial charge in [-0.05, 0) is 13.6 Å². The van der Waals surface area contributed by atoms with Crippen LogP contribution in [-0.4, -0.2) is 25.7 Å². The second kappa shape index (κ2) is 3.24. The van der Waals surface area contributed by atoms with Gasteiger partial charge in [0.25, 0.3) is 0 Å². The summed E-state index contributed by atoms with van der Waals surface area (Å²) < 4.78 is 0. The average Bonchev–Trinajstić information content (AvgIpc) is 1.67. The fraction of sp³-hybridized carbons (Fsp3) is 0.500. The first-order valence-corrected chi connectivity index (χ1v) is 2.48. The van der Waals surface area contributed by atoms with Crippen molar-refractivity contribution in [3.8, 4) is 0 Å². The van der Waals surface area contributed by atoms with E-state index in [2.05, 4.69) is 11.7 Å². The fourth-order valence-electron chi connectivity index (χ4n) is 0.248. The van der Waals surface area contributed by atoms with Crippen LogP contribution in [-0.2, 0) is 0 Å². The van der Waals surface area contributed by atoms with Gasteiger partial charge in [0, 0.05) is 26.0 Å². The minimum absolute atomic E-state index is 1.11. The van der Waals surface area contributed by atoms with Crippen molar-refractivity contribution in [1.82, 2.24) is 4.90 Å². The van der Waals surface area contributed by atoms with Crippen LogP contribution < -0.4 is 0 Å². The molecule has 0 rings (SSSR count). The fourth-order valence-corrected chi connectivity index (χ4v) is 0.248. The van der Waals surface area contributed by atoms with Crippen molar-refractivity contribution in [3.05, 3.63) is 11.9 Å². The molecule has 8 heavy (non-hydrogen) atoms. The predicted octanol–water partition coefficient (Wildman–Crippen LogP) is 1.11. The molecule has 0 unspecified atom stereocenters. The largest absolute Gasteiger partial charge is 0.380 e. The second-order valence-corrected chi connectivity index (χ2v) is 1.85. The van der Waals surface area contributed by atoms with Gasteiger partial charge in [0.2, 0.25) is 0 Å². The maximum atomic E-state index is 3.60. The van der Waals surface area contributed by atoms with Crippen LogP contribution in [0.1, 0.15) is 6.92 Å². The molecule has 0 aliphatic heterocycles. The van der Waals surface area contributed by atoms with Crippen LogP contribution in [0, 0.1) is 0 Å². The monoisotopic (exact) mass is 112 g/mol. The summed E-state index contributed by atoms with van der Waals surface area (Å²) in [5, 5.41) is 0. The van der Waals surface area contributed by atoms with Gasteiger partial charge in [-0.25, -0.2) is 0 Å². The number of rotatable bonds is 2. The van der Waals surface area contributed by atoms with Crippen molar-refractivity contribution in [2.75, 3.05) is 14.1 Å². The predicted molar refractivity (Wildman–Crippen MR) is 37.0 cm³/mol. The van der Waals surface area contributed by atoms with E-state index in [-0.39, 0.29) is 0 Å². The van der Waals surface area contributed by atoms with Crippen LogP contribution in [0.3, 0.4) is 0 Å². The van der Waals surface area contributed by atoms with E-state index in [4.69, 9.17) is 0 Å². The summed E-state index contributed by atoms with van der Waals surface area (Å²) in [5.41, 5.74) is 1.11. The van der Waals surface area contributed by atoms with Gasteiger partial charge in [-0.2, -0.15) is 0 Å². The van der Waals surface area contributed by atoms with Crippen LogP contribution in [0.25, 0.3) is 0 Å². The summed E-state index contributed by atoms with van der Waals surface area (Å²) in [6.07, 6.45) is 1.72. The Morgan fingerprint density at radius 1 is 1.62 bits per heavy atom. The summed E-state index contributed by atoms with van der Waals surface area (Å²) in [6.45, 7) is 5.31. The number of hydrogen-bond donors (Lipinski definition) is 0. The third-order valence-electron chi connectivity index (χ3n) is 0.984. The molecule has 0 radical (unpaired) electrons. The Hall–Kier alpha value is -0.790. The Balaban J connectivity index is 3.78. The SMILES string of the molecule is C=N/C=C(/C)N(C)C. The van der Waals surface area contributed by atoms with Gasteiger partial charge in [-0.15, -0.1) is 0 Å². The molecule has 0 aromatic heterocycles. The molecule has 46 valence electrons. The summed E-state index contributed by atoms with van der Waals surface area (Å²) in [7, 11) is 3.94. The topological polar surface area (TPSA) is 15.6 Å². The number of nitrogens with zero attached hydrogens (tertiary/aromatic N) is 2. The van der Waals surface area contributed by atoms with Crippen molar-refractivity contribution in [3.63, 3.8) is 0 Å². The Bertz CT molecular complexity index is 103. The highest BCUT2D eigenvalue weighted by molar-refractivity contribution is 5.26. The van der Waals surface area contributed by atoms with Gasteiger partial charge in [0.15, 0.2) is 0 Å². The lowest BCUT2D eigenvalue weighted by Crippen LogP contribution is -2.07. The van der Waals surface area contributed by atoms with E-state index in [0.29, 0.717) is 0 Å². The van der Waals surface area contributed by atoms with Crippen LogP contribution >= 0.6 is 0 Å². The smallest absolute Gasteiger partial charge is 0.0449 e. The molecule has 0 N–H and O–H groups in total. The molecule has 0 aliphatic carbocycles. The molecule has 0 spiro atoms. The minimum Gasteiger partial charge on any atom is -0.380 e. The Morgan fingerprint density at radius 3 is 2.25 bits per heavy atom. The highest BCUT2D eigenvalue weighted by Gasteiger charge is 1.85. The molecule has 0 saturated heterocycles. The first-order chi connectivity index (χ1) is 3.68. The zero-order chi connectivity index (χ0) is 6.57. The van der Waals surface area contributed by atoms with Crippen LogP contribution in [0.5, 0.6) is 0 Å². The molecule has 2 nitrogen and oxygen atoms in total. The van der Waals surface area contributed by atoms with Gasteiger partial charge in [-0.3, -0.25) is 4.99 Å². The summed E-state index contributed by atoms with van der Waals surface area (Å²) >= 11 is 0. The Labute approximate surface area is 50.5 Å². The van der Waals surface area contributed by atoms with Crippen molar-refractivity contribution in [2.24, 2.45) is 4.99 Å². The normalized spacial score (nSPS) is 11.1. The van der Waals surface area contributed by atoms with E-state index in [0.717, 1.165) is 5.70 Å². The van der Waals surface area contributed by atoms with Gasteiger partial charge >= 0.3 is 0 Å². The quantitative estimate of drug-likeness (QED) is 0.488. The van der Waals surface area contributed by atoms with Crippen molar-refractivity contribution < 1.29 is 0 Å². The molecule has 0 heterocycles. The maximum Gasteiger partial charge on any atom is 0.0449 e. The lowest BCUT2D eigenvalue weighted by Gasteiger charge is -2.09. The number of hydrogen-bond acceptors (Lipinski definition) is 2. The molecule has 0 aromatic carbocycles. The Kier molecular flexibility index (Phi) is 2.92. The molecule has 2 heteroatoms. The van der Waals surface area contributed by atoms with E-state index < -0.39 is 0 Å². The highest BCUT2D eigenvalue weighted by Crippen LogP contribution is 1.93. The molecule has 0 bridgehead atoms. The van der Waals surface area contributed by atoms with Crippen LogP contribution in [0.2, 0.25) is 0 Å². The molecule has 0 saturated carbocycles. The van der Waals surface area contributed by atoms with E-state index >= 15 is 0 Å². The van der Waals surface area contributed by atoms with Crippen molar-refractivity contribution >= 4 is 6.72 Å². The minimum atomic E-state index is 1.11. The van der Waals surface area contributed by atoms with E-state index in [9.17, 15) is 0 Å². The zero-order valence-electron chi connectivity index (χ0n) is 5.68. The third kappa shape index (κ3) is 2.39. The van der Waals surface area contributed by atoms with E-state index in [1.165, 1.54) is 0 Å². The summed E-state index contributed by atoms with van der Waals surface area (Å²) in [4.78, 5) is 5.58. The lowest BCUT2D eigenvalue weighted by molar-refractivity contribution is 0.512. The molecule has 0 fully saturated rings. The highest BCUT2D eigenvalue weighted by atomic mass is 15.1. The van der Waals surface area contributed by atoms with Gasteiger partial charge in [-0.1, -0.05) is 0 Å². The van der Waals surface area contributed by atoms with Crippen LogP contribution in [0.4, 0.5) is 0 Å². The van der Waals surface area contributed by atoms with Gasteiger partial charge in [0.05, 0.1) is 0 Å². The lowest BCUT2D eigenvalue weighted by atomic mass is 10.5. The molecule has 0 aliphatic rings. The van der Waals surface area contributed by atoms with E-state index in [1.54, 1.807) is 6.20 Å². The molecule has 0 atom stereocenters. The van der Waals surface area contributed by atoms with Gasteiger partial charge < -0.3 is 4.90 Å². The summed E-state index contributed by atoms with van der Waals surface area (Å²) in [6, 6.07) is 0. The van der Waals surface area contributed by atoms with Crippen LogP contribution in [0.15, 0.2) is 16.9 Å². The molecular weight excluding hydrogens is 100 g/mol. The Morgan fingerprint density at radius 2 is 2.12 bits per heavy atom. The summed E-state index contributed by atoms with van der Waals surface area (Å²) in [5.74, 6) is 0. The molecular formula is C6H12N2. The zero-order valence-corrected chi connectivity index (χ0v) is 5.68. The number of allylic oxidation sites excluding steroid dienone is 1. The maximum absolute atomic E-state index is 3.60. The second-order valence-electron chi connectivity index (χ2n) is 1.85. The average molecular weight is 112 g/mol. The number of aliphatic imine (C=N–C) groups is 1. The third-order valence-corrected chi connectivity index (χ3v) is 0.984. The van der Waals surface area contributed by atoms with E-state index in [1.807, 2.05) is 25.9 Å².